The first-order valence-corrected chi connectivity index (χ1v) is 9.49. The Labute approximate surface area is 182 Å². The maximum atomic E-state index is 12.9. The molecule has 0 atom stereocenters. The molecule has 0 saturated heterocycles. The molecule has 0 bridgehead atoms. The summed E-state index contributed by atoms with van der Waals surface area (Å²) >= 11 is 0. The number of benzene rings is 2. The van der Waals surface area contributed by atoms with E-state index in [4.69, 9.17) is 18.6 Å². The van der Waals surface area contributed by atoms with Crippen LogP contribution in [0.5, 0.6) is 17.2 Å². The molecule has 0 fully saturated rings. The van der Waals surface area contributed by atoms with Gasteiger partial charge in [-0.2, -0.15) is 4.98 Å². The first-order chi connectivity index (χ1) is 15.6. The van der Waals surface area contributed by atoms with Gasteiger partial charge in [0.05, 0.1) is 19.8 Å². The van der Waals surface area contributed by atoms with Gasteiger partial charge in [-0.05, 0) is 48.5 Å². The van der Waals surface area contributed by atoms with E-state index in [0.717, 1.165) is 0 Å². The zero-order valence-electron chi connectivity index (χ0n) is 17.2. The lowest BCUT2D eigenvalue weighted by molar-refractivity contribution is 0.0991. The molecular weight excluding hydrogens is 419 g/mol. The van der Waals surface area contributed by atoms with Crippen molar-refractivity contribution < 1.29 is 27.8 Å². The highest BCUT2D eigenvalue weighted by molar-refractivity contribution is 6.01. The number of ether oxygens (including phenoxy) is 3. The summed E-state index contributed by atoms with van der Waals surface area (Å²) in [5.74, 6) is 1.76. The van der Waals surface area contributed by atoms with Crippen molar-refractivity contribution >= 4 is 11.9 Å². The van der Waals surface area contributed by atoms with Crippen LogP contribution in [0.4, 0.5) is 10.3 Å². The molecule has 0 spiro atoms. The van der Waals surface area contributed by atoms with Gasteiger partial charge in [-0.1, -0.05) is 0 Å². The lowest BCUT2D eigenvalue weighted by Crippen LogP contribution is -2.12. The van der Waals surface area contributed by atoms with E-state index in [1.54, 1.807) is 31.4 Å². The Hall–Kier alpha value is -4.34. The van der Waals surface area contributed by atoms with Crippen LogP contribution in [-0.2, 0) is 6.61 Å². The first-order valence-electron chi connectivity index (χ1n) is 9.49. The number of halogens is 1. The molecule has 164 valence electrons. The molecule has 4 aromatic rings. The Bertz CT molecular complexity index is 1220. The first kappa shape index (κ1) is 20.9. The van der Waals surface area contributed by atoms with Crippen LogP contribution in [0.15, 0.2) is 59.0 Å². The maximum absolute atomic E-state index is 12.9. The number of furan rings is 1. The van der Waals surface area contributed by atoms with Gasteiger partial charge in [0, 0.05) is 6.07 Å². The highest BCUT2D eigenvalue weighted by atomic mass is 19.1. The summed E-state index contributed by atoms with van der Waals surface area (Å²) in [6.45, 7) is 0.0843. The van der Waals surface area contributed by atoms with Gasteiger partial charge in [0.2, 0.25) is 5.95 Å². The fourth-order valence-electron chi connectivity index (χ4n) is 2.86. The van der Waals surface area contributed by atoms with E-state index in [2.05, 4.69) is 20.5 Å². The number of aromatic nitrogens is 3. The Morgan fingerprint density at radius 2 is 1.84 bits per heavy atom. The molecule has 0 aliphatic heterocycles. The van der Waals surface area contributed by atoms with Crippen molar-refractivity contribution in [1.29, 1.82) is 0 Å². The van der Waals surface area contributed by atoms with E-state index in [-0.39, 0.29) is 24.1 Å². The van der Waals surface area contributed by atoms with Gasteiger partial charge in [-0.15, -0.1) is 5.10 Å². The van der Waals surface area contributed by atoms with Crippen molar-refractivity contribution in [2.75, 3.05) is 19.5 Å². The zero-order chi connectivity index (χ0) is 22.5. The van der Waals surface area contributed by atoms with Gasteiger partial charge in [0.15, 0.2) is 11.6 Å². The zero-order valence-corrected chi connectivity index (χ0v) is 17.2. The van der Waals surface area contributed by atoms with Crippen molar-refractivity contribution in [1.82, 2.24) is 15.2 Å². The van der Waals surface area contributed by atoms with Gasteiger partial charge in [-0.3, -0.25) is 15.2 Å². The Morgan fingerprint density at radius 1 is 1.06 bits per heavy atom. The fourth-order valence-corrected chi connectivity index (χ4v) is 2.86. The van der Waals surface area contributed by atoms with E-state index in [1.807, 2.05) is 0 Å². The molecule has 2 N–H and O–H groups in total. The highest BCUT2D eigenvalue weighted by Gasteiger charge is 2.16. The van der Waals surface area contributed by atoms with Crippen molar-refractivity contribution in [2.45, 2.75) is 6.61 Å². The third-order valence-electron chi connectivity index (χ3n) is 4.45. The third-order valence-corrected chi connectivity index (χ3v) is 4.45. The van der Waals surface area contributed by atoms with Crippen molar-refractivity contribution in [3.05, 3.63) is 71.9 Å². The molecule has 32 heavy (non-hydrogen) atoms. The summed E-state index contributed by atoms with van der Waals surface area (Å²) < 4.78 is 34.5. The van der Waals surface area contributed by atoms with Crippen LogP contribution in [-0.4, -0.2) is 35.3 Å². The van der Waals surface area contributed by atoms with Crippen molar-refractivity contribution in [2.24, 2.45) is 0 Å². The molecule has 0 aliphatic carbocycles. The normalized spacial score (nSPS) is 10.6. The molecule has 9 nitrogen and oxygen atoms in total. The number of nitrogens with one attached hydrogen (secondary N) is 2. The van der Waals surface area contributed by atoms with Crippen LogP contribution in [0, 0.1) is 5.82 Å². The van der Waals surface area contributed by atoms with Crippen molar-refractivity contribution in [3.8, 4) is 28.6 Å². The Kier molecular flexibility index (Phi) is 6.02. The lowest BCUT2D eigenvalue weighted by Gasteiger charge is -2.07. The molecule has 0 unspecified atom stereocenters. The standard InChI is InChI=1S/C22H19FN4O5/c1-29-15-7-9-17(19(11-15)30-2)20-24-22(27-26-20)25-21(28)18-10-8-16(32-18)12-31-14-5-3-13(23)4-6-14/h3-11H,12H2,1-2H3,(H2,24,25,26,27,28). The number of hydrogen-bond donors (Lipinski definition) is 2. The maximum Gasteiger partial charge on any atom is 0.293 e. The van der Waals surface area contributed by atoms with E-state index in [1.165, 1.54) is 37.4 Å². The van der Waals surface area contributed by atoms with Crippen molar-refractivity contribution in [3.63, 3.8) is 0 Å². The van der Waals surface area contributed by atoms with Crippen LogP contribution >= 0.6 is 0 Å². The predicted octanol–water partition coefficient (Wildman–Crippen LogP) is 4.05. The van der Waals surface area contributed by atoms with Crippen LogP contribution in [0.25, 0.3) is 11.4 Å². The quantitative estimate of drug-likeness (QED) is 0.427. The number of methoxy groups -OCH3 is 2. The molecule has 0 aliphatic rings. The van der Waals surface area contributed by atoms with Crippen LogP contribution in [0.2, 0.25) is 0 Å². The number of hydrogen-bond acceptors (Lipinski definition) is 7. The molecule has 4 rings (SSSR count). The third kappa shape index (κ3) is 4.69. The SMILES string of the molecule is COc1ccc(-c2nc(NC(=O)c3ccc(COc4ccc(F)cc4)o3)n[nH]2)c(OC)c1. The number of nitrogens with zero attached hydrogens (tertiary/aromatic N) is 2. The summed E-state index contributed by atoms with van der Waals surface area (Å²) in [4.78, 5) is 16.8. The summed E-state index contributed by atoms with van der Waals surface area (Å²) in [5, 5.41) is 9.35. The van der Waals surface area contributed by atoms with Crippen LogP contribution in [0.3, 0.4) is 0 Å². The van der Waals surface area contributed by atoms with E-state index in [0.29, 0.717) is 34.4 Å². The van der Waals surface area contributed by atoms with Gasteiger partial charge in [0.1, 0.15) is 35.4 Å². The molecule has 1 amide bonds. The average Bonchev–Trinajstić information content (AvgIpc) is 3.48. The second-order valence-electron chi connectivity index (χ2n) is 6.54. The van der Waals surface area contributed by atoms with Gasteiger partial charge in [0.25, 0.3) is 5.91 Å². The van der Waals surface area contributed by atoms with E-state index in [9.17, 15) is 9.18 Å². The largest absolute Gasteiger partial charge is 0.497 e. The number of rotatable bonds is 8. The second-order valence-corrected chi connectivity index (χ2v) is 6.54. The fraction of sp³-hybridized carbons (Fsp3) is 0.136. The number of H-pyrrole nitrogens is 1. The minimum Gasteiger partial charge on any atom is -0.497 e. The molecule has 0 radical (unpaired) electrons. The van der Waals surface area contributed by atoms with Gasteiger partial charge in [-0.25, -0.2) is 4.39 Å². The second kappa shape index (κ2) is 9.21. The Morgan fingerprint density at radius 3 is 2.59 bits per heavy atom. The van der Waals surface area contributed by atoms with E-state index >= 15 is 0 Å². The molecule has 2 aromatic heterocycles. The lowest BCUT2D eigenvalue weighted by atomic mass is 10.2. The summed E-state index contributed by atoms with van der Waals surface area (Å²) in [7, 11) is 3.09. The van der Waals surface area contributed by atoms with Crippen LogP contribution < -0.4 is 19.5 Å². The molecule has 0 saturated carbocycles. The predicted molar refractivity (Wildman–Crippen MR) is 112 cm³/mol. The number of carbonyl (C=O) groups is 1. The molecular formula is C22H19FN4O5. The molecule has 10 heteroatoms. The molecule has 2 heterocycles. The minimum absolute atomic E-state index is 0.0658. The topological polar surface area (TPSA) is 112 Å². The minimum atomic E-state index is -0.523. The average molecular weight is 438 g/mol. The van der Waals surface area contributed by atoms with E-state index < -0.39 is 5.91 Å². The van der Waals surface area contributed by atoms with Gasteiger partial charge < -0.3 is 18.6 Å². The highest BCUT2D eigenvalue weighted by Crippen LogP contribution is 2.31. The summed E-state index contributed by atoms with van der Waals surface area (Å²) in [6.07, 6.45) is 0. The number of amides is 1. The molecule has 2 aromatic carbocycles. The summed E-state index contributed by atoms with van der Waals surface area (Å²) in [5.41, 5.74) is 0.652. The monoisotopic (exact) mass is 438 g/mol. The number of carbonyl (C=O) groups excluding carboxylic acids is 1. The van der Waals surface area contributed by atoms with Gasteiger partial charge >= 0.3 is 0 Å². The smallest absolute Gasteiger partial charge is 0.293 e. The van der Waals surface area contributed by atoms with Crippen LogP contribution in [0.1, 0.15) is 16.3 Å². The Balaban J connectivity index is 1.40. The number of aromatic amines is 1. The number of anilines is 1. The summed E-state index contributed by atoms with van der Waals surface area (Å²) in [6, 6.07) is 14.0.